The fraction of sp³-hybridized carbons (Fsp3) is 0.550. The van der Waals surface area contributed by atoms with Crippen LogP contribution in [0.4, 0.5) is 0 Å². The Morgan fingerprint density at radius 3 is 2.34 bits per heavy atom. The third-order valence-electron chi connectivity index (χ3n) is 5.76. The second-order valence-electron chi connectivity index (χ2n) is 8.06. The zero-order valence-corrected chi connectivity index (χ0v) is 17.8. The molecule has 1 saturated heterocycles. The molecule has 0 atom stereocenters. The number of carbonyl (C=O) groups is 1. The molecule has 0 bridgehead atoms. The van der Waals surface area contributed by atoms with Gasteiger partial charge in [0.2, 0.25) is 10.0 Å². The minimum atomic E-state index is -3.45. The Kier molecular flexibility index (Phi) is 4.99. The van der Waals surface area contributed by atoms with Crippen LogP contribution in [0.1, 0.15) is 66.7 Å². The van der Waals surface area contributed by atoms with Gasteiger partial charge in [0.25, 0.3) is 0 Å². The molecule has 154 valence electrons. The number of rotatable bonds is 8. The third kappa shape index (κ3) is 3.87. The van der Waals surface area contributed by atoms with Crippen LogP contribution in [-0.4, -0.2) is 52.1 Å². The first-order chi connectivity index (χ1) is 14.0. The van der Waals surface area contributed by atoms with Gasteiger partial charge in [0.1, 0.15) is 5.82 Å². The largest absolute Gasteiger partial charge is 0.303 e. The molecule has 0 spiro atoms. The normalized spacial score (nSPS) is 20.3. The van der Waals surface area contributed by atoms with Crippen LogP contribution in [0.2, 0.25) is 0 Å². The molecule has 2 aromatic rings. The maximum Gasteiger partial charge on any atom is 0.243 e. The van der Waals surface area contributed by atoms with E-state index < -0.39 is 10.0 Å². The first-order valence-electron chi connectivity index (χ1n) is 10.2. The van der Waals surface area contributed by atoms with Crippen LogP contribution in [0.15, 0.2) is 34.3 Å². The van der Waals surface area contributed by atoms with Crippen molar-refractivity contribution in [2.24, 2.45) is 0 Å². The fourth-order valence-corrected chi connectivity index (χ4v) is 6.21. The Labute approximate surface area is 174 Å². The number of Topliss-reactive ketones (excluding diaryl/α,β-unsaturated/α-hetero) is 1. The van der Waals surface area contributed by atoms with Gasteiger partial charge in [-0.2, -0.15) is 4.31 Å². The molecular weight excluding hydrogens is 408 g/mol. The van der Waals surface area contributed by atoms with E-state index in [1.165, 1.54) is 28.9 Å². The van der Waals surface area contributed by atoms with Gasteiger partial charge in [0.15, 0.2) is 10.9 Å². The molecule has 1 aromatic heterocycles. The van der Waals surface area contributed by atoms with Crippen molar-refractivity contribution < 1.29 is 13.2 Å². The molecule has 0 amide bonds. The van der Waals surface area contributed by atoms with Crippen LogP contribution in [0, 0.1) is 0 Å². The summed E-state index contributed by atoms with van der Waals surface area (Å²) in [5, 5.41) is 9.54. The first kappa shape index (κ1) is 19.3. The highest BCUT2D eigenvalue weighted by atomic mass is 32.2. The zero-order chi connectivity index (χ0) is 20.0. The first-order valence-corrected chi connectivity index (χ1v) is 12.7. The van der Waals surface area contributed by atoms with Gasteiger partial charge in [0.05, 0.1) is 10.6 Å². The smallest absolute Gasteiger partial charge is 0.243 e. The van der Waals surface area contributed by atoms with Gasteiger partial charge < -0.3 is 4.57 Å². The molecule has 2 saturated carbocycles. The van der Waals surface area contributed by atoms with Crippen LogP contribution in [0.25, 0.3) is 0 Å². The number of carbonyl (C=O) groups excluding carboxylic acids is 1. The van der Waals surface area contributed by atoms with E-state index >= 15 is 0 Å². The Morgan fingerprint density at radius 2 is 1.72 bits per heavy atom. The zero-order valence-electron chi connectivity index (χ0n) is 16.2. The van der Waals surface area contributed by atoms with Crippen molar-refractivity contribution in [2.75, 3.05) is 18.8 Å². The van der Waals surface area contributed by atoms with E-state index in [-0.39, 0.29) is 16.4 Å². The number of aromatic nitrogens is 3. The maximum absolute atomic E-state index is 12.6. The Morgan fingerprint density at radius 1 is 1.03 bits per heavy atom. The van der Waals surface area contributed by atoms with Gasteiger partial charge in [-0.3, -0.25) is 4.79 Å². The van der Waals surface area contributed by atoms with E-state index in [1.54, 1.807) is 24.3 Å². The highest BCUT2D eigenvalue weighted by Crippen LogP contribution is 2.46. The van der Waals surface area contributed by atoms with Crippen molar-refractivity contribution in [3.05, 3.63) is 35.7 Å². The number of ketones is 1. The van der Waals surface area contributed by atoms with Crippen LogP contribution in [0.3, 0.4) is 0 Å². The van der Waals surface area contributed by atoms with E-state index in [4.69, 9.17) is 0 Å². The molecule has 2 heterocycles. The number of hydrogen-bond donors (Lipinski definition) is 0. The summed E-state index contributed by atoms with van der Waals surface area (Å²) in [6.07, 6.45) is 6.49. The summed E-state index contributed by atoms with van der Waals surface area (Å²) in [5.74, 6) is 1.86. The lowest BCUT2D eigenvalue weighted by Crippen LogP contribution is -2.27. The van der Waals surface area contributed by atoms with Crippen molar-refractivity contribution in [1.29, 1.82) is 0 Å². The van der Waals surface area contributed by atoms with E-state index in [0.29, 0.717) is 30.6 Å². The standard InChI is InChI=1S/C20H24N4O3S2/c25-18(13-28-20-22-21-19(15-3-4-15)24(20)16-7-8-16)14-5-9-17(10-6-14)29(26,27)23-11-1-2-12-23/h5-6,9-10,15-16H,1-4,7-8,11-13H2. The van der Waals surface area contributed by atoms with Crippen molar-refractivity contribution >= 4 is 27.6 Å². The molecule has 3 aliphatic rings. The Balaban J connectivity index is 1.26. The summed E-state index contributed by atoms with van der Waals surface area (Å²) in [5.41, 5.74) is 0.526. The van der Waals surface area contributed by atoms with Crippen LogP contribution in [-0.2, 0) is 10.0 Å². The molecular formula is C20H24N4O3S2. The average molecular weight is 433 g/mol. The number of sulfonamides is 1. The second kappa shape index (κ2) is 7.52. The quantitative estimate of drug-likeness (QED) is 0.470. The molecule has 9 heteroatoms. The number of nitrogens with zero attached hydrogens (tertiary/aromatic N) is 4. The summed E-state index contributed by atoms with van der Waals surface area (Å²) < 4.78 is 29.0. The van der Waals surface area contributed by atoms with E-state index in [1.807, 2.05) is 0 Å². The second-order valence-corrected chi connectivity index (χ2v) is 10.9. The average Bonchev–Trinajstić information content (AvgIpc) is 3.66. The molecule has 0 radical (unpaired) electrons. The minimum absolute atomic E-state index is 0.0292. The Hall–Kier alpha value is -1.71. The monoisotopic (exact) mass is 432 g/mol. The molecule has 7 nitrogen and oxygen atoms in total. The molecule has 2 aliphatic carbocycles. The van der Waals surface area contributed by atoms with Crippen LogP contribution >= 0.6 is 11.8 Å². The van der Waals surface area contributed by atoms with Gasteiger partial charge in [-0.05, 0) is 50.7 Å². The van der Waals surface area contributed by atoms with Crippen LogP contribution < -0.4 is 0 Å². The highest BCUT2D eigenvalue weighted by Gasteiger charge is 2.36. The van der Waals surface area contributed by atoms with Gasteiger partial charge in [-0.25, -0.2) is 8.42 Å². The van der Waals surface area contributed by atoms with Crippen LogP contribution in [0.5, 0.6) is 0 Å². The molecule has 0 unspecified atom stereocenters. The molecule has 5 rings (SSSR count). The molecule has 1 aliphatic heterocycles. The lowest BCUT2D eigenvalue weighted by atomic mass is 10.1. The van der Waals surface area contributed by atoms with Crippen molar-refractivity contribution in [3.63, 3.8) is 0 Å². The lowest BCUT2D eigenvalue weighted by molar-refractivity contribution is 0.102. The maximum atomic E-state index is 12.6. The molecule has 0 N–H and O–H groups in total. The number of thioether (sulfide) groups is 1. The van der Waals surface area contributed by atoms with Gasteiger partial charge in [-0.1, -0.05) is 23.9 Å². The van der Waals surface area contributed by atoms with E-state index in [2.05, 4.69) is 14.8 Å². The summed E-state index contributed by atoms with van der Waals surface area (Å²) in [4.78, 5) is 12.9. The number of benzene rings is 1. The lowest BCUT2D eigenvalue weighted by Gasteiger charge is -2.15. The predicted octanol–water partition coefficient (Wildman–Crippen LogP) is 3.25. The van der Waals surface area contributed by atoms with Crippen molar-refractivity contribution in [3.8, 4) is 0 Å². The van der Waals surface area contributed by atoms with Gasteiger partial charge in [0, 0.05) is 30.6 Å². The van der Waals surface area contributed by atoms with Gasteiger partial charge in [-0.15, -0.1) is 10.2 Å². The van der Waals surface area contributed by atoms with E-state index in [0.717, 1.165) is 36.7 Å². The number of hydrogen-bond acceptors (Lipinski definition) is 6. The molecule has 3 fully saturated rings. The molecule has 1 aromatic carbocycles. The van der Waals surface area contributed by atoms with Crippen molar-refractivity contribution in [2.45, 2.75) is 60.5 Å². The summed E-state index contributed by atoms with van der Waals surface area (Å²) in [7, 11) is -3.45. The third-order valence-corrected chi connectivity index (χ3v) is 8.61. The summed E-state index contributed by atoms with van der Waals surface area (Å²) >= 11 is 1.43. The summed E-state index contributed by atoms with van der Waals surface area (Å²) in [6, 6.07) is 6.82. The fourth-order valence-electron chi connectivity index (χ4n) is 3.79. The molecule has 29 heavy (non-hydrogen) atoms. The van der Waals surface area contributed by atoms with Crippen molar-refractivity contribution in [1.82, 2.24) is 19.1 Å². The minimum Gasteiger partial charge on any atom is -0.303 e. The summed E-state index contributed by atoms with van der Waals surface area (Å²) in [6.45, 7) is 1.15. The Bertz CT molecular complexity index is 1020. The SMILES string of the molecule is O=C(CSc1nnc(C2CC2)n1C1CC1)c1ccc(S(=O)(=O)N2CCCC2)cc1. The highest BCUT2D eigenvalue weighted by molar-refractivity contribution is 7.99. The predicted molar refractivity (Wildman–Crippen MR) is 110 cm³/mol. The van der Waals surface area contributed by atoms with Gasteiger partial charge >= 0.3 is 0 Å². The van der Waals surface area contributed by atoms with E-state index in [9.17, 15) is 13.2 Å². The topological polar surface area (TPSA) is 85.2 Å².